The average Bonchev–Trinajstić information content (AvgIpc) is 3.04. The summed E-state index contributed by atoms with van der Waals surface area (Å²) in [5.74, 6) is 4.77. The lowest BCUT2D eigenvalue weighted by Gasteiger charge is -2.19. The summed E-state index contributed by atoms with van der Waals surface area (Å²) >= 11 is 1.29. The highest BCUT2D eigenvalue weighted by Gasteiger charge is 2.21. The normalized spacial score (nSPS) is 11.4. The lowest BCUT2D eigenvalue weighted by molar-refractivity contribution is 0.0957. The minimum absolute atomic E-state index is 0.223. The van der Waals surface area contributed by atoms with Crippen molar-refractivity contribution in [3.8, 4) is 0 Å². The van der Waals surface area contributed by atoms with Crippen LogP contribution in [0.25, 0.3) is 10.1 Å². The molecule has 8 heteroatoms. The van der Waals surface area contributed by atoms with Gasteiger partial charge in [0.05, 0.1) is 15.5 Å². The standard InChI is InChI=1S/C16H15N3O3S2/c1-19(24(21,22)13-5-3-2-4-6-13)12-7-8-14-11(9-12)10-15(23-14)16(20)18-17/h2-10H,17H2,1H3,(H,18,20). The van der Waals surface area contributed by atoms with Gasteiger partial charge in [0, 0.05) is 11.7 Å². The topological polar surface area (TPSA) is 92.5 Å². The third-order valence-electron chi connectivity index (χ3n) is 3.62. The molecule has 0 aliphatic carbocycles. The zero-order chi connectivity index (χ0) is 17.3. The van der Waals surface area contributed by atoms with Gasteiger partial charge in [-0.1, -0.05) is 18.2 Å². The van der Waals surface area contributed by atoms with Crippen molar-refractivity contribution in [2.75, 3.05) is 11.4 Å². The van der Waals surface area contributed by atoms with Gasteiger partial charge in [0.1, 0.15) is 0 Å². The Balaban J connectivity index is 2.01. The Morgan fingerprint density at radius 3 is 2.50 bits per heavy atom. The smallest absolute Gasteiger partial charge is 0.275 e. The monoisotopic (exact) mass is 361 g/mol. The second kappa shape index (κ2) is 6.23. The number of rotatable bonds is 4. The van der Waals surface area contributed by atoms with Crippen LogP contribution in [0, 0.1) is 0 Å². The molecule has 0 bridgehead atoms. The Kier molecular flexibility index (Phi) is 4.27. The quantitative estimate of drug-likeness (QED) is 0.424. The van der Waals surface area contributed by atoms with Crippen LogP contribution < -0.4 is 15.6 Å². The number of benzene rings is 2. The molecular formula is C16H15N3O3S2. The van der Waals surface area contributed by atoms with Crippen LogP contribution in [0.4, 0.5) is 5.69 Å². The lowest BCUT2D eigenvalue weighted by Crippen LogP contribution is -2.29. The van der Waals surface area contributed by atoms with Crippen molar-refractivity contribution < 1.29 is 13.2 Å². The summed E-state index contributed by atoms with van der Waals surface area (Å²) in [6.07, 6.45) is 0. The van der Waals surface area contributed by atoms with E-state index in [1.807, 2.05) is 0 Å². The van der Waals surface area contributed by atoms with Gasteiger partial charge in [-0.15, -0.1) is 11.3 Å². The van der Waals surface area contributed by atoms with Gasteiger partial charge in [-0.2, -0.15) is 0 Å². The van der Waals surface area contributed by atoms with Crippen molar-refractivity contribution in [1.29, 1.82) is 0 Å². The Bertz CT molecular complexity index is 998. The van der Waals surface area contributed by atoms with Gasteiger partial charge >= 0.3 is 0 Å². The van der Waals surface area contributed by atoms with Crippen LogP contribution in [-0.2, 0) is 10.0 Å². The molecule has 0 unspecified atom stereocenters. The number of amides is 1. The van der Waals surface area contributed by atoms with Gasteiger partial charge in [-0.05, 0) is 41.8 Å². The second-order valence-corrected chi connectivity index (χ2v) is 8.14. The van der Waals surface area contributed by atoms with E-state index in [9.17, 15) is 13.2 Å². The number of sulfonamides is 1. The first-order chi connectivity index (χ1) is 11.4. The van der Waals surface area contributed by atoms with Gasteiger partial charge in [0.15, 0.2) is 0 Å². The van der Waals surface area contributed by atoms with Crippen LogP contribution >= 0.6 is 11.3 Å². The number of carbonyl (C=O) groups excluding carboxylic acids is 1. The van der Waals surface area contributed by atoms with E-state index in [0.29, 0.717) is 10.6 Å². The van der Waals surface area contributed by atoms with Crippen LogP contribution in [0.2, 0.25) is 0 Å². The molecule has 1 amide bonds. The first kappa shape index (κ1) is 16.4. The molecular weight excluding hydrogens is 346 g/mol. The van der Waals surface area contributed by atoms with Crippen LogP contribution in [0.15, 0.2) is 59.5 Å². The number of anilines is 1. The molecule has 0 spiro atoms. The maximum Gasteiger partial charge on any atom is 0.275 e. The predicted octanol–water partition coefficient (Wildman–Crippen LogP) is 2.33. The van der Waals surface area contributed by atoms with E-state index in [2.05, 4.69) is 5.43 Å². The lowest BCUT2D eigenvalue weighted by atomic mass is 10.2. The summed E-state index contributed by atoms with van der Waals surface area (Å²) in [5, 5.41) is 0.784. The zero-order valence-electron chi connectivity index (χ0n) is 12.8. The van der Waals surface area contributed by atoms with E-state index >= 15 is 0 Å². The van der Waals surface area contributed by atoms with Crippen molar-refractivity contribution in [1.82, 2.24) is 5.43 Å². The molecule has 0 aliphatic heterocycles. The molecule has 124 valence electrons. The van der Waals surface area contributed by atoms with E-state index in [1.54, 1.807) is 54.6 Å². The molecule has 3 aromatic rings. The molecule has 1 aromatic heterocycles. The molecule has 1 heterocycles. The molecule has 0 saturated carbocycles. The maximum absolute atomic E-state index is 12.7. The highest BCUT2D eigenvalue weighted by molar-refractivity contribution is 7.92. The highest BCUT2D eigenvalue weighted by Crippen LogP contribution is 2.31. The fraction of sp³-hybridized carbons (Fsp3) is 0.0625. The minimum atomic E-state index is -3.64. The third kappa shape index (κ3) is 2.86. The first-order valence-corrected chi connectivity index (χ1v) is 9.27. The van der Waals surface area contributed by atoms with Crippen LogP contribution in [0.5, 0.6) is 0 Å². The van der Waals surface area contributed by atoms with Gasteiger partial charge in [0.2, 0.25) is 0 Å². The van der Waals surface area contributed by atoms with Crippen LogP contribution in [0.3, 0.4) is 0 Å². The number of fused-ring (bicyclic) bond motifs is 1. The Labute approximate surface area is 143 Å². The number of nitrogens with zero attached hydrogens (tertiary/aromatic N) is 1. The number of nitrogens with one attached hydrogen (secondary N) is 1. The van der Waals surface area contributed by atoms with Gasteiger partial charge < -0.3 is 0 Å². The van der Waals surface area contributed by atoms with Crippen LogP contribution in [-0.4, -0.2) is 21.4 Å². The van der Waals surface area contributed by atoms with E-state index in [1.165, 1.54) is 22.7 Å². The van der Waals surface area contributed by atoms with Crippen molar-refractivity contribution in [2.24, 2.45) is 5.84 Å². The molecule has 3 rings (SSSR count). The van der Waals surface area contributed by atoms with Crippen LogP contribution in [0.1, 0.15) is 9.67 Å². The zero-order valence-corrected chi connectivity index (χ0v) is 14.4. The molecule has 0 aliphatic rings. The summed E-state index contributed by atoms with van der Waals surface area (Å²) in [6, 6.07) is 15.2. The number of carbonyl (C=O) groups is 1. The summed E-state index contributed by atoms with van der Waals surface area (Å²) in [4.78, 5) is 12.3. The molecule has 0 radical (unpaired) electrons. The average molecular weight is 361 g/mol. The predicted molar refractivity (Wildman–Crippen MR) is 95.5 cm³/mol. The number of hydrogen-bond donors (Lipinski definition) is 2. The second-order valence-electron chi connectivity index (χ2n) is 5.09. The fourth-order valence-corrected chi connectivity index (χ4v) is 4.45. The molecule has 2 aromatic carbocycles. The Hall–Kier alpha value is -2.42. The molecule has 6 nitrogen and oxygen atoms in total. The van der Waals surface area contributed by atoms with E-state index in [4.69, 9.17) is 5.84 Å². The molecule has 0 saturated heterocycles. The van der Waals surface area contributed by atoms with E-state index < -0.39 is 10.0 Å². The van der Waals surface area contributed by atoms with Gasteiger partial charge in [-0.25, -0.2) is 14.3 Å². The van der Waals surface area contributed by atoms with Crippen molar-refractivity contribution in [3.63, 3.8) is 0 Å². The SMILES string of the molecule is CN(c1ccc2sc(C(=O)NN)cc2c1)S(=O)(=O)c1ccccc1. The number of thiophene rings is 1. The summed E-state index contributed by atoms with van der Waals surface area (Å²) in [7, 11) is -2.13. The molecule has 0 fully saturated rings. The summed E-state index contributed by atoms with van der Waals surface area (Å²) < 4.78 is 27.5. The van der Waals surface area contributed by atoms with Crippen molar-refractivity contribution >= 4 is 43.0 Å². The van der Waals surface area contributed by atoms with Crippen molar-refractivity contribution in [2.45, 2.75) is 4.90 Å². The molecule has 0 atom stereocenters. The largest absolute Gasteiger partial charge is 0.289 e. The minimum Gasteiger partial charge on any atom is -0.289 e. The molecule has 3 N–H and O–H groups in total. The van der Waals surface area contributed by atoms with Gasteiger partial charge in [-0.3, -0.25) is 14.5 Å². The number of nitrogen functional groups attached to an aromatic ring is 1. The summed E-state index contributed by atoms with van der Waals surface area (Å²) in [6.45, 7) is 0. The number of hydrazine groups is 1. The number of nitrogens with two attached hydrogens (primary N) is 1. The maximum atomic E-state index is 12.7. The summed E-state index contributed by atoms with van der Waals surface area (Å²) in [5.41, 5.74) is 2.61. The van der Waals surface area contributed by atoms with Crippen molar-refractivity contribution in [3.05, 3.63) is 59.5 Å². The Morgan fingerprint density at radius 1 is 1.12 bits per heavy atom. The molecule has 24 heavy (non-hydrogen) atoms. The fourth-order valence-electron chi connectivity index (χ4n) is 2.30. The Morgan fingerprint density at radius 2 is 1.83 bits per heavy atom. The van der Waals surface area contributed by atoms with Gasteiger partial charge in [0.25, 0.3) is 15.9 Å². The number of hydrogen-bond acceptors (Lipinski definition) is 5. The highest BCUT2D eigenvalue weighted by atomic mass is 32.2. The van der Waals surface area contributed by atoms with E-state index in [-0.39, 0.29) is 10.8 Å². The van der Waals surface area contributed by atoms with E-state index in [0.717, 1.165) is 10.1 Å². The third-order valence-corrected chi connectivity index (χ3v) is 6.53. The first-order valence-electron chi connectivity index (χ1n) is 7.02.